The number of Topliss-reactive ketones (excluding diaryl/α,β-unsaturated/α-hetero) is 2. The van der Waals surface area contributed by atoms with Gasteiger partial charge < -0.3 is 42.5 Å². The number of hydrogen-bond donors (Lipinski definition) is 1. The number of methoxy groups -OCH3 is 3. The molecule has 4 aliphatic rings. The number of hydrogen-bond acceptors (Lipinski definition) is 12. The van der Waals surface area contributed by atoms with E-state index in [2.05, 4.69) is 73.8 Å². The number of ether oxygens (including phenoxy) is 5. The van der Waals surface area contributed by atoms with Crippen LogP contribution >= 0.6 is 0 Å². The van der Waals surface area contributed by atoms with Crippen molar-refractivity contribution >= 4 is 40.1 Å². The lowest BCUT2D eigenvalue weighted by atomic mass is 9.81. The Morgan fingerprint density at radius 2 is 1.44 bits per heavy atom. The van der Waals surface area contributed by atoms with Gasteiger partial charge in [-0.15, -0.1) is 6.53 Å². The molecule has 71 heavy (non-hydrogen) atoms. The molecular formula is C56H97NO12Si2. The van der Waals surface area contributed by atoms with Gasteiger partial charge in [-0.25, -0.2) is 4.79 Å². The van der Waals surface area contributed by atoms with Gasteiger partial charge in [0.25, 0.3) is 11.7 Å². The largest absolute Gasteiger partial charge is 0.456 e. The minimum Gasteiger partial charge on any atom is -0.456 e. The number of carbonyl (C=O) groups is 4. The van der Waals surface area contributed by atoms with Gasteiger partial charge >= 0.3 is 5.97 Å². The molecule has 15 heteroatoms. The van der Waals surface area contributed by atoms with Crippen LogP contribution in [0.15, 0.2) is 35.9 Å². The monoisotopic (exact) mass is 1030 g/mol. The van der Waals surface area contributed by atoms with Crippen molar-refractivity contribution in [2.24, 2.45) is 29.6 Å². The van der Waals surface area contributed by atoms with Crippen LogP contribution in [0.25, 0.3) is 0 Å². The molecule has 3 fully saturated rings. The van der Waals surface area contributed by atoms with Gasteiger partial charge in [0.2, 0.25) is 5.79 Å². The molecule has 1 unspecified atom stereocenters. The summed E-state index contributed by atoms with van der Waals surface area (Å²) >= 11 is 0. The summed E-state index contributed by atoms with van der Waals surface area (Å²) in [5.41, 5.74) is 1.69. The number of cyclic esters (lactones) is 1. The number of allylic oxidation sites excluding steroid dienone is 4. The molecule has 1 N–H and O–H groups in total. The van der Waals surface area contributed by atoms with Crippen molar-refractivity contribution in [3.63, 3.8) is 0 Å². The number of piperidine rings is 1. The Morgan fingerprint density at radius 1 is 0.845 bits per heavy atom. The molecular weight excluding hydrogens is 936 g/mol. The van der Waals surface area contributed by atoms with E-state index in [1.54, 1.807) is 14.0 Å². The van der Waals surface area contributed by atoms with Crippen LogP contribution in [0.1, 0.15) is 150 Å². The van der Waals surface area contributed by atoms with Crippen molar-refractivity contribution in [3.8, 4) is 0 Å². The zero-order valence-electron chi connectivity index (χ0n) is 49.1. The van der Waals surface area contributed by atoms with Gasteiger partial charge in [0.05, 0.1) is 33.3 Å². The first-order chi connectivity index (χ1) is 33.7. The SMILES string of the molecule is [2H][13C]([2H])=CC[C@@H]1/C=C(\C)C[C@H](C)C[C@H](OC)[C@H]2O[C@@](O)(C(=O)C(=O)N3CCCC[C@H]3C(=O)OC(/C(C)=C/[C@H]3CC[C@@H](O[Si](C)(C)C(C)(C)C)[C@H](OC)C3)[C@H](C)[C@@H](O[Si](C)(C)C(C)(C)C)CC1=O)[C@H](C)C[C@@H]2OC. The summed E-state index contributed by atoms with van der Waals surface area (Å²) < 4.78 is 61.3. The maximum absolute atomic E-state index is 15.1. The van der Waals surface area contributed by atoms with E-state index >= 15 is 9.59 Å². The summed E-state index contributed by atoms with van der Waals surface area (Å²) in [6.45, 7) is 31.2. The van der Waals surface area contributed by atoms with Crippen molar-refractivity contribution in [2.75, 3.05) is 27.9 Å². The maximum Gasteiger partial charge on any atom is 0.329 e. The van der Waals surface area contributed by atoms with Gasteiger partial charge in [-0.2, -0.15) is 0 Å². The van der Waals surface area contributed by atoms with E-state index in [4.69, 9.17) is 35.3 Å². The van der Waals surface area contributed by atoms with Crippen LogP contribution in [-0.2, 0) is 51.7 Å². The van der Waals surface area contributed by atoms with Crippen molar-refractivity contribution < 1.29 is 59.6 Å². The second-order valence-electron chi connectivity index (χ2n) is 24.9. The van der Waals surface area contributed by atoms with Gasteiger partial charge in [0, 0.05) is 52.0 Å². The van der Waals surface area contributed by atoms with E-state index in [0.29, 0.717) is 32.1 Å². The first-order valence-electron chi connectivity index (χ1n) is 27.6. The van der Waals surface area contributed by atoms with Crippen LogP contribution in [0.3, 0.4) is 0 Å². The zero-order chi connectivity index (χ0) is 55.2. The minimum absolute atomic E-state index is 0.0255. The molecule has 3 heterocycles. The van der Waals surface area contributed by atoms with Gasteiger partial charge in [-0.1, -0.05) is 86.1 Å². The summed E-state index contributed by atoms with van der Waals surface area (Å²) in [5, 5.41) is 12.1. The van der Waals surface area contributed by atoms with Crippen molar-refractivity contribution in [1.82, 2.24) is 4.90 Å². The summed E-state index contributed by atoms with van der Waals surface area (Å²) in [5.74, 6) is -7.64. The lowest BCUT2D eigenvalue weighted by molar-refractivity contribution is -0.302. The number of ketones is 2. The third-order valence-electron chi connectivity index (χ3n) is 17.3. The summed E-state index contributed by atoms with van der Waals surface area (Å²) in [6.07, 6.45) is 6.46. The van der Waals surface area contributed by atoms with Crippen LogP contribution < -0.4 is 0 Å². The lowest BCUT2D eigenvalue weighted by Gasteiger charge is -2.47. The van der Waals surface area contributed by atoms with Crippen LogP contribution in [0.2, 0.25) is 36.3 Å². The minimum atomic E-state index is -2.63. The van der Waals surface area contributed by atoms with Gasteiger partial charge in [-0.05, 0) is 132 Å². The molecule has 0 aromatic carbocycles. The van der Waals surface area contributed by atoms with E-state index in [0.717, 1.165) is 24.0 Å². The molecule has 3 aliphatic heterocycles. The molecule has 14 atom stereocenters. The predicted molar refractivity (Wildman–Crippen MR) is 285 cm³/mol. The molecule has 0 aromatic rings. The number of amides is 1. The highest BCUT2D eigenvalue weighted by atomic mass is 28.4. The molecule has 406 valence electrons. The number of fused-ring (bicyclic) bond motifs is 3. The van der Waals surface area contributed by atoms with Crippen LogP contribution in [0, 0.1) is 29.6 Å². The van der Waals surface area contributed by atoms with Crippen molar-refractivity contribution in [2.45, 2.75) is 238 Å². The molecule has 0 spiro atoms. The number of carbonyl (C=O) groups excluding carboxylic acids is 4. The highest BCUT2D eigenvalue weighted by Gasteiger charge is 2.57. The average molecular weight is 1040 g/mol. The highest BCUT2D eigenvalue weighted by Crippen LogP contribution is 2.44. The fourth-order valence-electron chi connectivity index (χ4n) is 10.7. The quantitative estimate of drug-likeness (QED) is 0.0688. The molecule has 0 aromatic heterocycles. The summed E-state index contributed by atoms with van der Waals surface area (Å²) in [4.78, 5) is 60.6. The maximum atomic E-state index is 15.1. The summed E-state index contributed by atoms with van der Waals surface area (Å²) in [6, 6.07) is -1.14. The van der Waals surface area contributed by atoms with Gasteiger partial charge in [0.15, 0.2) is 16.6 Å². The molecule has 1 aliphatic carbocycles. The zero-order valence-corrected chi connectivity index (χ0v) is 49.1. The first-order valence-corrected chi connectivity index (χ1v) is 32.4. The molecule has 1 saturated carbocycles. The Hall–Kier alpha value is -2.35. The van der Waals surface area contributed by atoms with E-state index < -0.39 is 94.4 Å². The Balaban J connectivity index is 1.92. The molecule has 0 radical (unpaired) electrons. The number of aliphatic hydroxyl groups is 1. The van der Waals surface area contributed by atoms with Crippen LogP contribution in [0.4, 0.5) is 0 Å². The topological polar surface area (TPSA) is 156 Å². The third kappa shape index (κ3) is 15.0. The normalized spacial score (nSPS) is 36.6. The van der Waals surface area contributed by atoms with E-state index in [9.17, 15) is 14.7 Å². The predicted octanol–water partition coefficient (Wildman–Crippen LogP) is 10.7. The smallest absolute Gasteiger partial charge is 0.329 e. The average Bonchev–Trinajstić information content (AvgIpc) is 3.30. The Kier molecular flexibility index (Phi) is 20.4. The van der Waals surface area contributed by atoms with E-state index in [-0.39, 0.29) is 78.7 Å². The number of rotatable bonds is 11. The van der Waals surface area contributed by atoms with E-state index in [1.165, 1.54) is 25.2 Å². The standard InChI is InChI=1S/C56H97NO12Si2/c1-20-23-41-29-35(2)28-36(3)30-47(64-14)50-48(65-15)32-38(5)56(62,67-50)51(59)52(60)57-27-22-21-24-42(57)53(61)66-49(39(6)45(34-43(41)58)69-71(18,19)55(10,11)12)37(4)31-40-25-26-44(46(33-40)63-13)68-70(16,17)54(7,8)9/h20,29,31,36,38-42,44-50,62H,1,21-28,30,32-34H2,2-19H3/b35-29+,37-31+/t36-,38+,39+,40+,41+,42-,44+,45-,46+,47-,48-,49?,50+,56+/m0/s1/i1+1D2. The van der Waals surface area contributed by atoms with Crippen LogP contribution in [-0.4, -0.2) is 133 Å². The molecule has 2 saturated heterocycles. The Morgan fingerprint density at radius 3 is 2.01 bits per heavy atom. The molecule has 2 bridgehead atoms. The molecule has 13 nitrogen and oxygen atoms in total. The number of esters is 1. The lowest BCUT2D eigenvalue weighted by Crippen LogP contribution is -2.64. The fraction of sp³-hybridized carbons (Fsp3) is 0.821. The summed E-state index contributed by atoms with van der Waals surface area (Å²) in [7, 11) is 0.0541. The highest BCUT2D eigenvalue weighted by molar-refractivity contribution is 6.74. The second-order valence-corrected chi connectivity index (χ2v) is 34.4. The second kappa shape index (κ2) is 25.0. The number of nitrogens with zero attached hydrogens (tertiary/aromatic N) is 1. The van der Waals surface area contributed by atoms with Gasteiger partial charge in [-0.3, -0.25) is 14.4 Å². The van der Waals surface area contributed by atoms with Crippen molar-refractivity contribution in [3.05, 3.63) is 35.9 Å². The molecule has 4 rings (SSSR count). The Bertz CT molecular complexity index is 1990. The van der Waals surface area contributed by atoms with Crippen LogP contribution in [0.5, 0.6) is 0 Å². The third-order valence-corrected chi connectivity index (χ3v) is 26.3. The fourth-order valence-corrected chi connectivity index (χ4v) is 13.5. The molecule has 1 amide bonds. The van der Waals surface area contributed by atoms with Gasteiger partial charge in [0.1, 0.15) is 24.0 Å². The van der Waals surface area contributed by atoms with E-state index in [1.807, 2.05) is 33.8 Å². The Labute approximate surface area is 434 Å². The first kappa shape index (κ1) is 57.9. The van der Waals surface area contributed by atoms with Crippen molar-refractivity contribution in [1.29, 1.82) is 0 Å².